The lowest BCUT2D eigenvalue weighted by Crippen LogP contribution is -2.31. The molecule has 4 rings (SSSR count). The number of rotatable bonds is 4. The number of carbonyl (C=O) groups is 1. The van der Waals surface area contributed by atoms with E-state index in [1.54, 1.807) is 12.4 Å². The molecule has 3 heterocycles. The third-order valence-corrected chi connectivity index (χ3v) is 4.84. The number of halogens is 1. The van der Waals surface area contributed by atoms with Crippen LogP contribution in [0.5, 0.6) is 5.75 Å². The molecule has 25 heavy (non-hydrogen) atoms. The average Bonchev–Trinajstić information content (AvgIpc) is 3.04. The van der Waals surface area contributed by atoms with Crippen LogP contribution >= 0.6 is 11.6 Å². The molecule has 1 amide bonds. The van der Waals surface area contributed by atoms with Gasteiger partial charge in [0.25, 0.3) is 5.91 Å². The number of nitrogens with zero attached hydrogens (tertiary/aromatic N) is 2. The molecule has 1 aromatic carbocycles. The zero-order valence-electron chi connectivity index (χ0n) is 13.8. The van der Waals surface area contributed by atoms with E-state index in [9.17, 15) is 4.79 Å². The van der Waals surface area contributed by atoms with E-state index >= 15 is 0 Å². The van der Waals surface area contributed by atoms with Gasteiger partial charge in [-0.1, -0.05) is 24.6 Å². The van der Waals surface area contributed by atoms with Gasteiger partial charge in [-0.3, -0.25) is 9.78 Å². The van der Waals surface area contributed by atoms with Gasteiger partial charge in [0.1, 0.15) is 17.5 Å². The third kappa shape index (κ3) is 2.85. The molecule has 0 radical (unpaired) electrons. The number of aromatic nitrogens is 2. The number of carbonyl (C=O) groups excluding carboxylic acids is 1. The van der Waals surface area contributed by atoms with E-state index in [4.69, 9.17) is 16.3 Å². The number of amides is 1. The fraction of sp³-hybridized carbons (Fsp3) is 0.263. The van der Waals surface area contributed by atoms with Crippen LogP contribution in [0.2, 0.25) is 5.02 Å². The van der Waals surface area contributed by atoms with Gasteiger partial charge >= 0.3 is 0 Å². The van der Waals surface area contributed by atoms with Crippen molar-refractivity contribution in [1.29, 1.82) is 0 Å². The molecule has 0 fully saturated rings. The highest BCUT2D eigenvalue weighted by molar-refractivity contribution is 6.36. The summed E-state index contributed by atoms with van der Waals surface area (Å²) in [5.41, 5.74) is 2.46. The quantitative estimate of drug-likeness (QED) is 0.774. The van der Waals surface area contributed by atoms with Gasteiger partial charge in [0.15, 0.2) is 0 Å². The molecule has 1 N–H and O–H groups in total. The lowest BCUT2D eigenvalue weighted by molar-refractivity contribution is 0.0935. The summed E-state index contributed by atoms with van der Waals surface area (Å²) in [4.78, 5) is 16.8. The topological polar surface area (TPSA) is 56.2 Å². The molecule has 5 nitrogen and oxygen atoms in total. The molecule has 0 bridgehead atoms. The van der Waals surface area contributed by atoms with E-state index < -0.39 is 0 Å². The molecule has 3 aromatic rings. The van der Waals surface area contributed by atoms with Crippen LogP contribution in [0.3, 0.4) is 0 Å². The molecule has 0 saturated heterocycles. The van der Waals surface area contributed by atoms with Gasteiger partial charge in [-0.05, 0) is 36.2 Å². The van der Waals surface area contributed by atoms with Gasteiger partial charge in [0.05, 0.1) is 17.1 Å². The SMILES string of the molecule is CC[C@H]1Cn2c(C(=O)NCc3cccnc3)cc3c(Cl)ccc(c32)O1. The molecule has 1 aliphatic rings. The van der Waals surface area contributed by atoms with Crippen LogP contribution in [0.15, 0.2) is 42.7 Å². The Balaban J connectivity index is 1.69. The summed E-state index contributed by atoms with van der Waals surface area (Å²) in [6.07, 6.45) is 4.38. The van der Waals surface area contributed by atoms with Gasteiger partial charge in [0.2, 0.25) is 0 Å². The minimum atomic E-state index is -0.126. The van der Waals surface area contributed by atoms with Crippen LogP contribution in [0.4, 0.5) is 0 Å². The number of hydrogen-bond donors (Lipinski definition) is 1. The highest BCUT2D eigenvalue weighted by Crippen LogP contribution is 2.38. The zero-order chi connectivity index (χ0) is 17.4. The normalized spacial score (nSPS) is 15.8. The summed E-state index contributed by atoms with van der Waals surface area (Å²) in [5, 5.41) is 4.43. The molecule has 0 aliphatic carbocycles. The number of ether oxygens (including phenoxy) is 1. The molecular weight excluding hydrogens is 338 g/mol. The van der Waals surface area contributed by atoms with E-state index in [0.717, 1.165) is 28.6 Å². The summed E-state index contributed by atoms with van der Waals surface area (Å²) < 4.78 is 8.03. The van der Waals surface area contributed by atoms with Crippen LogP contribution in [0.1, 0.15) is 29.4 Å². The Morgan fingerprint density at radius 1 is 1.44 bits per heavy atom. The van der Waals surface area contributed by atoms with Crippen LogP contribution in [-0.2, 0) is 13.1 Å². The van der Waals surface area contributed by atoms with Crippen molar-refractivity contribution in [1.82, 2.24) is 14.9 Å². The Morgan fingerprint density at radius 3 is 3.08 bits per heavy atom. The van der Waals surface area contributed by atoms with Crippen molar-refractivity contribution in [3.63, 3.8) is 0 Å². The second kappa shape index (κ2) is 6.41. The Hall–Kier alpha value is -2.53. The summed E-state index contributed by atoms with van der Waals surface area (Å²) in [6, 6.07) is 9.33. The number of hydrogen-bond acceptors (Lipinski definition) is 3. The summed E-state index contributed by atoms with van der Waals surface area (Å²) in [7, 11) is 0. The molecule has 0 spiro atoms. The summed E-state index contributed by atoms with van der Waals surface area (Å²) in [5.74, 6) is 0.655. The van der Waals surface area contributed by atoms with Crippen molar-refractivity contribution >= 4 is 28.4 Å². The van der Waals surface area contributed by atoms with Gasteiger partial charge in [-0.25, -0.2) is 0 Å². The van der Waals surface area contributed by atoms with Crippen LogP contribution < -0.4 is 10.1 Å². The van der Waals surface area contributed by atoms with Crippen molar-refractivity contribution in [3.05, 3.63) is 59.0 Å². The fourth-order valence-corrected chi connectivity index (χ4v) is 3.40. The smallest absolute Gasteiger partial charge is 0.268 e. The number of benzene rings is 1. The van der Waals surface area contributed by atoms with Crippen molar-refractivity contribution < 1.29 is 9.53 Å². The maximum absolute atomic E-state index is 12.8. The van der Waals surface area contributed by atoms with Crippen molar-refractivity contribution in [2.75, 3.05) is 0 Å². The molecule has 0 unspecified atom stereocenters. The van der Waals surface area contributed by atoms with Crippen LogP contribution in [0, 0.1) is 0 Å². The number of nitrogens with one attached hydrogen (secondary N) is 1. The molecule has 6 heteroatoms. The Morgan fingerprint density at radius 2 is 2.32 bits per heavy atom. The predicted octanol–water partition coefficient (Wildman–Crippen LogP) is 3.79. The summed E-state index contributed by atoms with van der Waals surface area (Å²) in [6.45, 7) is 3.15. The van der Waals surface area contributed by atoms with E-state index in [-0.39, 0.29) is 12.0 Å². The lowest BCUT2D eigenvalue weighted by atomic mass is 10.2. The zero-order valence-corrected chi connectivity index (χ0v) is 14.6. The minimum Gasteiger partial charge on any atom is -0.486 e. The Bertz CT molecular complexity index is 937. The van der Waals surface area contributed by atoms with Gasteiger partial charge in [-0.15, -0.1) is 0 Å². The van der Waals surface area contributed by atoms with Gasteiger partial charge in [0, 0.05) is 24.3 Å². The first-order chi connectivity index (χ1) is 12.2. The largest absolute Gasteiger partial charge is 0.486 e. The maximum Gasteiger partial charge on any atom is 0.268 e. The van der Waals surface area contributed by atoms with E-state index in [1.165, 1.54) is 0 Å². The fourth-order valence-electron chi connectivity index (χ4n) is 3.20. The van der Waals surface area contributed by atoms with E-state index in [2.05, 4.69) is 17.2 Å². The highest BCUT2D eigenvalue weighted by Gasteiger charge is 2.26. The lowest BCUT2D eigenvalue weighted by Gasteiger charge is -2.26. The molecule has 1 atom stereocenters. The summed E-state index contributed by atoms with van der Waals surface area (Å²) >= 11 is 6.33. The molecular formula is C19H18ClN3O2. The van der Waals surface area contributed by atoms with Crippen molar-refractivity contribution in [2.24, 2.45) is 0 Å². The van der Waals surface area contributed by atoms with Gasteiger partial charge in [-0.2, -0.15) is 0 Å². The monoisotopic (exact) mass is 355 g/mol. The average molecular weight is 356 g/mol. The third-order valence-electron chi connectivity index (χ3n) is 4.51. The molecule has 0 saturated carbocycles. The first kappa shape index (κ1) is 16.0. The first-order valence-corrected chi connectivity index (χ1v) is 8.70. The predicted molar refractivity (Wildman–Crippen MR) is 97.1 cm³/mol. The Kier molecular flexibility index (Phi) is 4.09. The highest BCUT2D eigenvalue weighted by atomic mass is 35.5. The van der Waals surface area contributed by atoms with Crippen molar-refractivity contribution in [2.45, 2.75) is 32.5 Å². The van der Waals surface area contributed by atoms with Crippen molar-refractivity contribution in [3.8, 4) is 5.75 Å². The van der Waals surface area contributed by atoms with E-state index in [0.29, 0.717) is 23.8 Å². The molecule has 2 aromatic heterocycles. The Labute approximate surface area is 150 Å². The second-order valence-electron chi connectivity index (χ2n) is 6.14. The number of pyridine rings is 1. The standard InChI is InChI=1S/C19H18ClN3O2/c1-2-13-11-23-16(19(24)22-10-12-4-3-7-21-9-12)8-14-15(20)5-6-17(25-13)18(14)23/h3-9,13H,2,10-11H2,1H3,(H,22,24)/t13-/m0/s1. The second-order valence-corrected chi connectivity index (χ2v) is 6.55. The molecule has 128 valence electrons. The minimum absolute atomic E-state index is 0.0501. The van der Waals surface area contributed by atoms with Gasteiger partial charge < -0.3 is 14.6 Å². The first-order valence-electron chi connectivity index (χ1n) is 8.33. The maximum atomic E-state index is 12.8. The molecule has 1 aliphatic heterocycles. The van der Waals surface area contributed by atoms with Crippen LogP contribution in [0.25, 0.3) is 10.9 Å². The van der Waals surface area contributed by atoms with E-state index in [1.807, 2.05) is 34.9 Å². The van der Waals surface area contributed by atoms with Crippen LogP contribution in [-0.4, -0.2) is 21.6 Å².